The van der Waals surface area contributed by atoms with E-state index in [0.717, 1.165) is 25.1 Å². The molecule has 6 heteroatoms. The summed E-state index contributed by atoms with van der Waals surface area (Å²) < 4.78 is 0. The number of nitrogens with one attached hydrogen (secondary N) is 4. The molecule has 0 saturated heterocycles. The molecule has 0 aromatic heterocycles. The Morgan fingerprint density at radius 3 is 2.38 bits per heavy atom. The Bertz CT molecular complexity index is 855. The lowest BCUT2D eigenvalue weighted by atomic mass is 9.96. The number of carbonyl (C=O) groups is 1. The number of benzene rings is 2. The second kappa shape index (κ2) is 7.84. The number of guanidine groups is 1. The lowest BCUT2D eigenvalue weighted by Crippen LogP contribution is -2.20. The van der Waals surface area contributed by atoms with Gasteiger partial charge in [-0.25, -0.2) is 0 Å². The summed E-state index contributed by atoms with van der Waals surface area (Å²) in [5.74, 6) is -0.262. The Balaban J connectivity index is 1.71. The maximum absolute atomic E-state index is 12.6. The topological polar surface area (TPSA) is 103 Å². The van der Waals surface area contributed by atoms with Gasteiger partial charge in [-0.05, 0) is 66.9 Å². The van der Waals surface area contributed by atoms with E-state index in [1.807, 2.05) is 19.1 Å². The minimum absolute atomic E-state index is 0.124. The van der Waals surface area contributed by atoms with Gasteiger partial charge in [-0.2, -0.15) is 0 Å². The van der Waals surface area contributed by atoms with Crippen LogP contribution in [0.5, 0.6) is 0 Å². The molecule has 0 spiro atoms. The van der Waals surface area contributed by atoms with Crippen LogP contribution in [0.15, 0.2) is 48.5 Å². The van der Waals surface area contributed by atoms with Crippen LogP contribution >= 0.6 is 0 Å². The monoisotopic (exact) mass is 349 g/mol. The molecule has 0 radical (unpaired) electrons. The number of amides is 1. The van der Waals surface area contributed by atoms with Gasteiger partial charge in [0, 0.05) is 23.5 Å². The van der Waals surface area contributed by atoms with Gasteiger partial charge in [0.05, 0.1) is 0 Å². The van der Waals surface area contributed by atoms with Gasteiger partial charge in [0.2, 0.25) is 0 Å². The summed E-state index contributed by atoms with van der Waals surface area (Å²) in [6, 6.07) is 13.0. The predicted octanol–water partition coefficient (Wildman–Crippen LogP) is 2.93. The fourth-order valence-electron chi connectivity index (χ4n) is 2.99. The Morgan fingerprint density at radius 1 is 1.12 bits per heavy atom. The standard InChI is InChI=1S/C20H23N5O/c1-13-12-15(14-8-10-23-11-9-14)2-7-18(13)19(26)24-16-3-5-17(6-4-16)25-20(21)22/h2-8,12,23H,9-11H2,1H3,(H,24,26)(H4,21,22,25). The molecule has 6 N–H and O–H groups in total. The molecule has 0 saturated carbocycles. The average Bonchev–Trinajstić information content (AvgIpc) is 2.63. The van der Waals surface area contributed by atoms with Crippen LogP contribution in [0.3, 0.4) is 0 Å². The molecule has 0 bridgehead atoms. The summed E-state index contributed by atoms with van der Waals surface area (Å²) in [6.07, 6.45) is 3.21. The Morgan fingerprint density at radius 2 is 1.81 bits per heavy atom. The van der Waals surface area contributed by atoms with E-state index in [1.54, 1.807) is 24.3 Å². The molecule has 2 aromatic carbocycles. The van der Waals surface area contributed by atoms with E-state index in [0.29, 0.717) is 16.9 Å². The van der Waals surface area contributed by atoms with Gasteiger partial charge in [-0.3, -0.25) is 10.2 Å². The molecule has 1 aliphatic rings. The summed E-state index contributed by atoms with van der Waals surface area (Å²) in [7, 11) is 0. The maximum atomic E-state index is 12.6. The van der Waals surface area contributed by atoms with Crippen LogP contribution in [-0.2, 0) is 0 Å². The number of rotatable bonds is 4. The van der Waals surface area contributed by atoms with Crippen LogP contribution in [-0.4, -0.2) is 25.0 Å². The molecule has 26 heavy (non-hydrogen) atoms. The first kappa shape index (κ1) is 17.7. The smallest absolute Gasteiger partial charge is 0.255 e. The molecule has 134 valence electrons. The zero-order valence-corrected chi connectivity index (χ0v) is 14.7. The van der Waals surface area contributed by atoms with Gasteiger partial charge in [-0.15, -0.1) is 0 Å². The summed E-state index contributed by atoms with van der Waals surface area (Å²) in [5, 5.41) is 16.1. The Labute approximate surface area is 153 Å². The van der Waals surface area contributed by atoms with Crippen molar-refractivity contribution in [1.29, 1.82) is 5.41 Å². The number of carbonyl (C=O) groups excluding carboxylic acids is 1. The minimum Gasteiger partial charge on any atom is -0.370 e. The third-order valence-corrected chi connectivity index (χ3v) is 4.33. The van der Waals surface area contributed by atoms with E-state index in [-0.39, 0.29) is 11.9 Å². The van der Waals surface area contributed by atoms with E-state index in [1.165, 1.54) is 11.1 Å². The molecule has 1 aliphatic heterocycles. The Kier molecular flexibility index (Phi) is 5.34. The van der Waals surface area contributed by atoms with E-state index in [4.69, 9.17) is 11.1 Å². The van der Waals surface area contributed by atoms with Crippen LogP contribution < -0.4 is 21.7 Å². The van der Waals surface area contributed by atoms with Crippen molar-refractivity contribution in [2.75, 3.05) is 23.7 Å². The molecule has 0 fully saturated rings. The van der Waals surface area contributed by atoms with Crippen molar-refractivity contribution in [3.63, 3.8) is 0 Å². The van der Waals surface area contributed by atoms with Crippen molar-refractivity contribution in [3.05, 3.63) is 65.2 Å². The largest absolute Gasteiger partial charge is 0.370 e. The highest BCUT2D eigenvalue weighted by Crippen LogP contribution is 2.23. The van der Waals surface area contributed by atoms with Crippen molar-refractivity contribution in [3.8, 4) is 0 Å². The van der Waals surface area contributed by atoms with Crippen molar-refractivity contribution in [2.24, 2.45) is 5.73 Å². The SMILES string of the molecule is Cc1cc(C2=CCNCC2)ccc1C(=O)Nc1ccc(NC(=N)N)cc1. The summed E-state index contributed by atoms with van der Waals surface area (Å²) in [6.45, 7) is 3.84. The molecule has 1 amide bonds. The first-order chi connectivity index (χ1) is 12.5. The lowest BCUT2D eigenvalue weighted by molar-refractivity contribution is 0.102. The second-order valence-corrected chi connectivity index (χ2v) is 6.28. The molecule has 1 heterocycles. The summed E-state index contributed by atoms with van der Waals surface area (Å²) in [4.78, 5) is 12.6. The second-order valence-electron chi connectivity index (χ2n) is 6.28. The highest BCUT2D eigenvalue weighted by Gasteiger charge is 2.12. The minimum atomic E-state index is -0.138. The third-order valence-electron chi connectivity index (χ3n) is 4.33. The number of nitrogens with two attached hydrogens (primary N) is 1. The number of anilines is 2. The number of hydrogen-bond acceptors (Lipinski definition) is 3. The van der Waals surface area contributed by atoms with E-state index in [9.17, 15) is 4.79 Å². The average molecular weight is 349 g/mol. The van der Waals surface area contributed by atoms with Crippen LogP contribution in [0, 0.1) is 12.3 Å². The van der Waals surface area contributed by atoms with Crippen molar-refractivity contribution in [1.82, 2.24) is 5.32 Å². The molecule has 6 nitrogen and oxygen atoms in total. The van der Waals surface area contributed by atoms with E-state index in [2.05, 4.69) is 28.1 Å². The van der Waals surface area contributed by atoms with Crippen molar-refractivity contribution >= 4 is 28.8 Å². The van der Waals surface area contributed by atoms with Gasteiger partial charge in [-0.1, -0.05) is 18.2 Å². The third kappa shape index (κ3) is 4.29. The fraction of sp³-hybridized carbons (Fsp3) is 0.200. The van der Waals surface area contributed by atoms with Crippen LogP contribution in [0.4, 0.5) is 11.4 Å². The first-order valence-electron chi connectivity index (χ1n) is 8.56. The van der Waals surface area contributed by atoms with E-state index < -0.39 is 0 Å². The highest BCUT2D eigenvalue weighted by atomic mass is 16.1. The van der Waals surface area contributed by atoms with Gasteiger partial charge >= 0.3 is 0 Å². The molecule has 0 atom stereocenters. The summed E-state index contributed by atoms with van der Waals surface area (Å²) >= 11 is 0. The molecule has 0 unspecified atom stereocenters. The van der Waals surface area contributed by atoms with Crippen molar-refractivity contribution < 1.29 is 4.79 Å². The van der Waals surface area contributed by atoms with E-state index >= 15 is 0 Å². The zero-order chi connectivity index (χ0) is 18.5. The van der Waals surface area contributed by atoms with Gasteiger partial charge in [0.15, 0.2) is 5.96 Å². The Hall–Kier alpha value is -3.12. The van der Waals surface area contributed by atoms with Gasteiger partial charge in [0.1, 0.15) is 0 Å². The molecular formula is C20H23N5O. The van der Waals surface area contributed by atoms with Crippen LogP contribution in [0.1, 0.15) is 27.9 Å². The van der Waals surface area contributed by atoms with Crippen LogP contribution in [0.25, 0.3) is 5.57 Å². The fourth-order valence-corrected chi connectivity index (χ4v) is 2.99. The van der Waals surface area contributed by atoms with Gasteiger partial charge < -0.3 is 21.7 Å². The van der Waals surface area contributed by atoms with Crippen molar-refractivity contribution in [2.45, 2.75) is 13.3 Å². The van der Waals surface area contributed by atoms with Crippen LogP contribution in [0.2, 0.25) is 0 Å². The number of hydrogen-bond donors (Lipinski definition) is 5. The molecule has 2 aromatic rings. The zero-order valence-electron chi connectivity index (χ0n) is 14.7. The molecule has 3 rings (SSSR count). The molecular weight excluding hydrogens is 326 g/mol. The lowest BCUT2D eigenvalue weighted by Gasteiger charge is -2.16. The molecule has 0 aliphatic carbocycles. The number of aryl methyl sites for hydroxylation is 1. The van der Waals surface area contributed by atoms with Gasteiger partial charge in [0.25, 0.3) is 5.91 Å². The predicted molar refractivity (Wildman–Crippen MR) is 107 cm³/mol. The summed E-state index contributed by atoms with van der Waals surface area (Å²) in [5.41, 5.74) is 10.8. The quantitative estimate of drug-likeness (QED) is 0.432. The normalized spacial score (nSPS) is 13.7. The highest BCUT2D eigenvalue weighted by molar-refractivity contribution is 6.05. The maximum Gasteiger partial charge on any atom is 0.255 e. The first-order valence-corrected chi connectivity index (χ1v) is 8.56.